The van der Waals surface area contributed by atoms with Crippen LogP contribution < -0.4 is 11.5 Å². The molecule has 4 nitrogen and oxygen atoms in total. The Kier molecular flexibility index (Phi) is 3.42. The van der Waals surface area contributed by atoms with E-state index in [9.17, 15) is 8.78 Å². The predicted molar refractivity (Wildman–Crippen MR) is 81.6 cm³/mol. The number of hydrogen-bond donors (Lipinski definition) is 2. The Balaban J connectivity index is 2.33. The molecule has 0 aliphatic heterocycles. The first-order valence-electron chi connectivity index (χ1n) is 6.50. The average molecular weight is 298 g/mol. The lowest BCUT2D eigenvalue weighted by Gasteiger charge is -2.12. The van der Waals surface area contributed by atoms with Crippen LogP contribution in [0.4, 0.5) is 20.4 Å². The molecule has 3 rings (SSSR count). The molecule has 0 radical (unpaired) electrons. The first-order valence-corrected chi connectivity index (χ1v) is 6.50. The van der Waals surface area contributed by atoms with E-state index in [2.05, 4.69) is 9.97 Å². The first-order chi connectivity index (χ1) is 10.6. The predicted octanol–water partition coefficient (Wildman–Crippen LogP) is 3.25. The van der Waals surface area contributed by atoms with E-state index in [4.69, 9.17) is 11.5 Å². The second kappa shape index (κ2) is 5.40. The number of aromatic nitrogens is 2. The van der Waals surface area contributed by atoms with Gasteiger partial charge in [-0.05, 0) is 24.3 Å². The van der Waals surface area contributed by atoms with Gasteiger partial charge in [-0.15, -0.1) is 0 Å². The Morgan fingerprint density at radius 1 is 0.636 bits per heavy atom. The summed E-state index contributed by atoms with van der Waals surface area (Å²) in [6.07, 6.45) is 0. The summed E-state index contributed by atoms with van der Waals surface area (Å²) in [5.41, 5.74) is 12.0. The fourth-order valence-corrected chi connectivity index (χ4v) is 2.14. The Morgan fingerprint density at radius 2 is 1.00 bits per heavy atom. The Labute approximate surface area is 125 Å². The van der Waals surface area contributed by atoms with Crippen LogP contribution in [0, 0.1) is 11.6 Å². The smallest absolute Gasteiger partial charge is 0.166 e. The summed E-state index contributed by atoms with van der Waals surface area (Å²) in [6.45, 7) is 0. The van der Waals surface area contributed by atoms with Gasteiger partial charge >= 0.3 is 0 Å². The van der Waals surface area contributed by atoms with Crippen molar-refractivity contribution < 1.29 is 8.78 Å². The Bertz CT molecular complexity index is 779. The van der Waals surface area contributed by atoms with Gasteiger partial charge in [0.1, 0.15) is 23.0 Å². The van der Waals surface area contributed by atoms with Crippen LogP contribution in [0.15, 0.2) is 48.5 Å². The fraction of sp³-hybridized carbons (Fsp3) is 0. The third-order valence-electron chi connectivity index (χ3n) is 3.21. The molecule has 2 aromatic carbocycles. The topological polar surface area (TPSA) is 77.8 Å². The highest BCUT2D eigenvalue weighted by atomic mass is 19.1. The molecule has 1 aromatic heterocycles. The van der Waals surface area contributed by atoms with Crippen molar-refractivity contribution in [1.29, 1.82) is 0 Å². The van der Waals surface area contributed by atoms with Gasteiger partial charge in [0.25, 0.3) is 0 Å². The highest BCUT2D eigenvalue weighted by Crippen LogP contribution is 2.33. The van der Waals surface area contributed by atoms with Crippen LogP contribution >= 0.6 is 0 Å². The molecule has 6 heteroatoms. The fourth-order valence-electron chi connectivity index (χ4n) is 2.14. The largest absolute Gasteiger partial charge is 0.381 e. The monoisotopic (exact) mass is 298 g/mol. The third kappa shape index (κ3) is 2.35. The highest BCUT2D eigenvalue weighted by Gasteiger charge is 2.18. The summed E-state index contributed by atoms with van der Waals surface area (Å²) in [4.78, 5) is 8.21. The van der Waals surface area contributed by atoms with Crippen molar-refractivity contribution in [2.24, 2.45) is 0 Å². The van der Waals surface area contributed by atoms with Gasteiger partial charge in [0.05, 0.1) is 0 Å². The number of nitrogen functional groups attached to an aromatic ring is 2. The zero-order valence-corrected chi connectivity index (χ0v) is 11.4. The van der Waals surface area contributed by atoms with Gasteiger partial charge in [-0.25, -0.2) is 18.7 Å². The van der Waals surface area contributed by atoms with Crippen LogP contribution in [0.1, 0.15) is 0 Å². The van der Waals surface area contributed by atoms with E-state index in [1.54, 1.807) is 24.3 Å². The molecule has 0 aliphatic rings. The van der Waals surface area contributed by atoms with Gasteiger partial charge in [-0.3, -0.25) is 0 Å². The van der Waals surface area contributed by atoms with E-state index >= 15 is 0 Å². The maximum Gasteiger partial charge on any atom is 0.166 e. The number of rotatable bonds is 2. The molecule has 0 saturated heterocycles. The number of nitrogens with zero attached hydrogens (tertiary/aromatic N) is 2. The number of benzene rings is 2. The lowest BCUT2D eigenvalue weighted by atomic mass is 10.0. The average Bonchev–Trinajstić information content (AvgIpc) is 2.51. The summed E-state index contributed by atoms with van der Waals surface area (Å²) in [7, 11) is 0. The number of nitrogens with two attached hydrogens (primary N) is 2. The van der Waals surface area contributed by atoms with Crippen LogP contribution in [-0.2, 0) is 0 Å². The van der Waals surface area contributed by atoms with Crippen LogP contribution in [-0.4, -0.2) is 9.97 Å². The van der Waals surface area contributed by atoms with E-state index in [-0.39, 0.29) is 34.2 Å². The number of halogens is 2. The van der Waals surface area contributed by atoms with Gasteiger partial charge in [0.2, 0.25) is 0 Å². The van der Waals surface area contributed by atoms with Crippen molar-refractivity contribution >= 4 is 11.6 Å². The van der Waals surface area contributed by atoms with E-state index in [1.165, 1.54) is 24.3 Å². The molecule has 4 N–H and O–H groups in total. The van der Waals surface area contributed by atoms with Crippen molar-refractivity contribution in [2.45, 2.75) is 0 Å². The molecule has 0 bridgehead atoms. The number of anilines is 2. The van der Waals surface area contributed by atoms with Crippen LogP contribution in [0.2, 0.25) is 0 Å². The van der Waals surface area contributed by atoms with Gasteiger partial charge in [0, 0.05) is 11.1 Å². The molecule has 0 aliphatic carbocycles. The van der Waals surface area contributed by atoms with Crippen molar-refractivity contribution in [1.82, 2.24) is 9.97 Å². The van der Waals surface area contributed by atoms with E-state index in [0.29, 0.717) is 0 Å². The first kappa shape index (κ1) is 13.9. The minimum absolute atomic E-state index is 0.0293. The summed E-state index contributed by atoms with van der Waals surface area (Å²) in [5.74, 6) is -1.06. The minimum atomic E-state index is -0.501. The highest BCUT2D eigenvalue weighted by molar-refractivity contribution is 5.81. The second-order valence-corrected chi connectivity index (χ2v) is 4.65. The lowest BCUT2D eigenvalue weighted by Crippen LogP contribution is -2.06. The standard InChI is InChI=1S/C16H12F2N4/c17-11-7-3-1-5-9(11)13-14(22-16(20)15(19)21-13)10-6-2-4-8-12(10)18/h1-8H,(H2,19,21)(H2,20,22). The molecular weight excluding hydrogens is 286 g/mol. The van der Waals surface area contributed by atoms with Gasteiger partial charge in [-0.2, -0.15) is 0 Å². The summed E-state index contributed by atoms with van der Waals surface area (Å²) in [6, 6.07) is 12.0. The maximum absolute atomic E-state index is 14.1. The molecule has 0 atom stereocenters. The number of hydrogen-bond acceptors (Lipinski definition) is 4. The SMILES string of the molecule is Nc1nc(-c2ccccc2F)c(-c2ccccc2F)nc1N. The molecule has 1 heterocycles. The molecule has 0 saturated carbocycles. The minimum Gasteiger partial charge on any atom is -0.381 e. The molecule has 3 aromatic rings. The molecule has 110 valence electrons. The summed E-state index contributed by atoms with van der Waals surface area (Å²) < 4.78 is 28.1. The normalized spacial score (nSPS) is 10.6. The van der Waals surface area contributed by atoms with Crippen LogP contribution in [0.3, 0.4) is 0 Å². The summed E-state index contributed by atoms with van der Waals surface area (Å²) in [5, 5.41) is 0. The zero-order chi connectivity index (χ0) is 15.7. The molecule has 0 amide bonds. The molecular formula is C16H12F2N4. The second-order valence-electron chi connectivity index (χ2n) is 4.65. The van der Waals surface area contributed by atoms with E-state index in [0.717, 1.165) is 0 Å². The van der Waals surface area contributed by atoms with E-state index in [1.807, 2.05) is 0 Å². The lowest BCUT2D eigenvalue weighted by molar-refractivity contribution is 0.628. The molecule has 0 unspecified atom stereocenters. The van der Waals surface area contributed by atoms with Crippen LogP contribution in [0.5, 0.6) is 0 Å². The maximum atomic E-state index is 14.1. The third-order valence-corrected chi connectivity index (χ3v) is 3.21. The van der Waals surface area contributed by atoms with E-state index < -0.39 is 11.6 Å². The van der Waals surface area contributed by atoms with Gasteiger partial charge in [0.15, 0.2) is 11.6 Å². The molecule has 0 fully saturated rings. The van der Waals surface area contributed by atoms with Crippen molar-refractivity contribution in [3.8, 4) is 22.5 Å². The van der Waals surface area contributed by atoms with Crippen molar-refractivity contribution in [3.05, 3.63) is 60.2 Å². The van der Waals surface area contributed by atoms with Gasteiger partial charge in [-0.1, -0.05) is 24.3 Å². The zero-order valence-electron chi connectivity index (χ0n) is 11.4. The Morgan fingerprint density at radius 3 is 1.36 bits per heavy atom. The summed E-state index contributed by atoms with van der Waals surface area (Å²) >= 11 is 0. The van der Waals surface area contributed by atoms with Crippen LogP contribution in [0.25, 0.3) is 22.5 Å². The molecule has 22 heavy (non-hydrogen) atoms. The molecule has 0 spiro atoms. The van der Waals surface area contributed by atoms with Gasteiger partial charge < -0.3 is 11.5 Å². The quantitative estimate of drug-likeness (QED) is 0.761. The Hall–Kier alpha value is -3.02. The van der Waals surface area contributed by atoms with Crippen molar-refractivity contribution in [3.63, 3.8) is 0 Å². The van der Waals surface area contributed by atoms with Crippen molar-refractivity contribution in [2.75, 3.05) is 11.5 Å².